The molecule has 6 heteroatoms. The Morgan fingerprint density at radius 1 is 1.53 bits per heavy atom. The average molecular weight is 224 g/mol. The second kappa shape index (κ2) is 5.26. The zero-order chi connectivity index (χ0) is 11.3. The molecule has 1 rings (SSSR count). The largest absolute Gasteiger partial charge is 0.399 e. The van der Waals surface area contributed by atoms with Crippen LogP contribution in [0, 0.1) is 15.6 Å². The summed E-state index contributed by atoms with van der Waals surface area (Å²) < 4.78 is 0. The van der Waals surface area contributed by atoms with Gasteiger partial charge in [-0.05, 0) is 9.91 Å². The quantitative estimate of drug-likeness (QED) is 0.421. The van der Waals surface area contributed by atoms with Gasteiger partial charge in [0.1, 0.15) is 0 Å². The Morgan fingerprint density at radius 3 is 2.60 bits per heavy atom. The van der Waals surface area contributed by atoms with E-state index in [1.165, 1.54) is 0 Å². The number of hydrogen-bond acceptors (Lipinski definition) is 5. The van der Waals surface area contributed by atoms with Crippen LogP contribution in [0.15, 0.2) is 25.3 Å². The Morgan fingerprint density at radius 2 is 2.13 bits per heavy atom. The number of rotatable bonds is 6. The molecule has 0 amide bonds. The maximum absolute atomic E-state index is 10.6. The zero-order valence-electron chi connectivity index (χ0n) is 8.05. The fraction of sp³-hybridized carbons (Fsp3) is 0.222. The predicted octanol–water partition coefficient (Wildman–Crippen LogP) is 2.03. The summed E-state index contributed by atoms with van der Waals surface area (Å²) in [4.78, 5) is 15.5. The second-order valence-electron chi connectivity index (χ2n) is 2.67. The maximum Gasteiger partial charge on any atom is 0.399 e. The summed E-state index contributed by atoms with van der Waals surface area (Å²) in [6.07, 6.45) is 3.35. The van der Waals surface area contributed by atoms with Gasteiger partial charge in [0, 0.05) is 13.1 Å². The molecule has 0 atom stereocenters. The van der Waals surface area contributed by atoms with Gasteiger partial charge in [0.25, 0.3) is 5.51 Å². The van der Waals surface area contributed by atoms with Gasteiger partial charge in [-0.3, -0.25) is 0 Å². The van der Waals surface area contributed by atoms with Gasteiger partial charge in [-0.2, -0.15) is 0 Å². The van der Waals surface area contributed by atoms with Crippen molar-refractivity contribution in [2.24, 2.45) is 0 Å². The molecule has 0 saturated carbocycles. The van der Waals surface area contributed by atoms with Crippen LogP contribution in [-0.2, 0) is 0 Å². The van der Waals surface area contributed by atoms with Gasteiger partial charge >= 0.3 is 5.82 Å². The van der Waals surface area contributed by atoms with Gasteiger partial charge in [-0.25, -0.2) is 0 Å². The minimum atomic E-state index is -0.512. The normalized spacial score (nSPS) is 9.60. The van der Waals surface area contributed by atoms with E-state index in [1.807, 2.05) is 0 Å². The lowest BCUT2D eigenvalue weighted by atomic mass is 10.4. The van der Waals surface area contributed by atoms with E-state index in [9.17, 15) is 10.1 Å². The SMILES string of the molecule is C=CCN(CC=C)c1s[c]nc1[N+](=O)[O-]. The monoisotopic (exact) mass is 224 g/mol. The molecule has 0 fully saturated rings. The van der Waals surface area contributed by atoms with Gasteiger partial charge in [0.15, 0.2) is 5.00 Å². The van der Waals surface area contributed by atoms with Crippen molar-refractivity contribution in [2.45, 2.75) is 0 Å². The number of thiazole rings is 1. The van der Waals surface area contributed by atoms with Gasteiger partial charge in [-0.1, -0.05) is 23.5 Å². The molecule has 79 valence electrons. The van der Waals surface area contributed by atoms with Gasteiger partial charge < -0.3 is 15.0 Å². The second-order valence-corrected chi connectivity index (χ2v) is 3.45. The van der Waals surface area contributed by atoms with Crippen LogP contribution >= 0.6 is 11.3 Å². The molecule has 0 spiro atoms. The topological polar surface area (TPSA) is 59.3 Å². The summed E-state index contributed by atoms with van der Waals surface area (Å²) >= 11 is 1.12. The Kier molecular flexibility index (Phi) is 3.99. The van der Waals surface area contributed by atoms with Crippen molar-refractivity contribution in [1.82, 2.24) is 4.98 Å². The highest BCUT2D eigenvalue weighted by atomic mass is 32.1. The van der Waals surface area contributed by atoms with E-state index in [-0.39, 0.29) is 5.82 Å². The lowest BCUT2D eigenvalue weighted by Gasteiger charge is -2.17. The molecule has 1 radical (unpaired) electrons. The molecule has 1 aromatic heterocycles. The summed E-state index contributed by atoms with van der Waals surface area (Å²) in [5.74, 6) is -0.163. The van der Waals surface area contributed by atoms with Crippen LogP contribution in [0.4, 0.5) is 10.8 Å². The third-order valence-electron chi connectivity index (χ3n) is 1.64. The molecule has 0 N–H and O–H groups in total. The Labute approximate surface area is 91.5 Å². The van der Waals surface area contributed by atoms with Crippen molar-refractivity contribution < 1.29 is 4.92 Å². The summed E-state index contributed by atoms with van der Waals surface area (Å²) in [6, 6.07) is 0. The standard InChI is InChI=1S/C9H10N3O2S/c1-3-5-11(6-4-2)9-8(12(13)14)10-7-15-9/h3-4H,1-2,5-6H2. The van der Waals surface area contributed by atoms with E-state index in [1.54, 1.807) is 17.1 Å². The first-order valence-electron chi connectivity index (χ1n) is 4.18. The molecular weight excluding hydrogens is 214 g/mol. The highest BCUT2D eigenvalue weighted by Gasteiger charge is 2.22. The van der Waals surface area contributed by atoms with Crippen LogP contribution in [-0.4, -0.2) is 23.0 Å². The highest BCUT2D eigenvalue weighted by Crippen LogP contribution is 2.30. The van der Waals surface area contributed by atoms with Crippen molar-refractivity contribution >= 4 is 22.2 Å². The van der Waals surface area contributed by atoms with E-state index >= 15 is 0 Å². The predicted molar refractivity (Wildman–Crippen MR) is 60.2 cm³/mol. The molecule has 1 heterocycles. The average Bonchev–Trinajstić information content (AvgIpc) is 2.65. The number of aromatic nitrogens is 1. The summed E-state index contributed by atoms with van der Waals surface area (Å²) in [6.45, 7) is 8.22. The van der Waals surface area contributed by atoms with Crippen LogP contribution in [0.1, 0.15) is 0 Å². The van der Waals surface area contributed by atoms with Crippen LogP contribution in [0.5, 0.6) is 0 Å². The van der Waals surface area contributed by atoms with Crippen LogP contribution in [0.25, 0.3) is 0 Å². The van der Waals surface area contributed by atoms with E-state index < -0.39 is 4.92 Å². The van der Waals surface area contributed by atoms with Crippen molar-refractivity contribution in [3.63, 3.8) is 0 Å². The lowest BCUT2D eigenvalue weighted by Crippen LogP contribution is -2.22. The molecule has 5 nitrogen and oxygen atoms in total. The summed E-state index contributed by atoms with van der Waals surface area (Å²) in [5.41, 5.74) is 2.52. The fourth-order valence-corrected chi connectivity index (χ4v) is 1.79. The van der Waals surface area contributed by atoms with Crippen molar-refractivity contribution in [3.8, 4) is 0 Å². The molecule has 0 unspecified atom stereocenters. The summed E-state index contributed by atoms with van der Waals surface area (Å²) in [5, 5.41) is 11.1. The first kappa shape index (κ1) is 11.4. The van der Waals surface area contributed by atoms with E-state index in [4.69, 9.17) is 0 Å². The number of anilines is 1. The number of nitrogens with zero attached hydrogens (tertiary/aromatic N) is 3. The van der Waals surface area contributed by atoms with Crippen LogP contribution in [0.3, 0.4) is 0 Å². The molecule has 0 aliphatic carbocycles. The van der Waals surface area contributed by atoms with E-state index in [0.717, 1.165) is 11.3 Å². The zero-order valence-corrected chi connectivity index (χ0v) is 8.87. The molecule has 0 saturated heterocycles. The molecular formula is C9H10N3O2S. The first-order chi connectivity index (χ1) is 7.20. The van der Waals surface area contributed by atoms with E-state index in [0.29, 0.717) is 18.1 Å². The molecule has 1 aromatic rings. The van der Waals surface area contributed by atoms with Crippen LogP contribution in [0.2, 0.25) is 0 Å². The lowest BCUT2D eigenvalue weighted by molar-refractivity contribution is -0.388. The highest BCUT2D eigenvalue weighted by molar-refractivity contribution is 7.14. The number of nitro groups is 1. The van der Waals surface area contributed by atoms with Gasteiger partial charge in [0.05, 0.1) is 0 Å². The Balaban J connectivity index is 2.98. The van der Waals surface area contributed by atoms with Crippen molar-refractivity contribution in [1.29, 1.82) is 0 Å². The molecule has 0 bridgehead atoms. The minimum Gasteiger partial charge on any atom is -0.358 e. The molecule has 0 aromatic carbocycles. The van der Waals surface area contributed by atoms with Crippen molar-refractivity contribution in [3.05, 3.63) is 40.9 Å². The first-order valence-corrected chi connectivity index (χ1v) is 5.00. The third kappa shape index (κ3) is 2.63. The van der Waals surface area contributed by atoms with Gasteiger partial charge in [0.2, 0.25) is 0 Å². The minimum absolute atomic E-state index is 0.163. The maximum atomic E-state index is 10.6. The molecule has 0 aliphatic heterocycles. The van der Waals surface area contributed by atoms with Gasteiger partial charge in [-0.15, -0.1) is 13.2 Å². The molecule has 0 aliphatic rings. The van der Waals surface area contributed by atoms with Crippen molar-refractivity contribution in [2.75, 3.05) is 18.0 Å². The number of hydrogen-bond donors (Lipinski definition) is 0. The summed E-state index contributed by atoms with van der Waals surface area (Å²) in [7, 11) is 0. The van der Waals surface area contributed by atoms with E-state index in [2.05, 4.69) is 23.7 Å². The van der Waals surface area contributed by atoms with Crippen LogP contribution < -0.4 is 4.90 Å². The molecule has 15 heavy (non-hydrogen) atoms. The fourth-order valence-electron chi connectivity index (χ4n) is 1.08. The third-order valence-corrected chi connectivity index (χ3v) is 2.46. The smallest absolute Gasteiger partial charge is 0.358 e. The Bertz CT molecular complexity index is 365. The Hall–Kier alpha value is -1.69.